The van der Waals surface area contributed by atoms with E-state index in [2.05, 4.69) is 144 Å². The Morgan fingerprint density at radius 3 is 2.07 bits per heavy atom. The molecule has 3 aromatic heterocycles. The average molecular weight is 598 g/mol. The van der Waals surface area contributed by atoms with Gasteiger partial charge in [0.15, 0.2) is 0 Å². The molecule has 206 valence electrons. The second kappa shape index (κ2) is 9.17. The minimum Gasteiger partial charge on any atom is -0.456 e. The molecular formula is C40H23NOS2. The van der Waals surface area contributed by atoms with Crippen molar-refractivity contribution in [2.75, 3.05) is 4.90 Å². The third kappa shape index (κ3) is 3.47. The molecule has 0 atom stereocenters. The van der Waals surface area contributed by atoms with Gasteiger partial charge in [0.2, 0.25) is 0 Å². The van der Waals surface area contributed by atoms with Crippen molar-refractivity contribution in [1.82, 2.24) is 0 Å². The lowest BCUT2D eigenvalue weighted by Crippen LogP contribution is -2.10. The largest absolute Gasteiger partial charge is 0.456 e. The smallest absolute Gasteiger partial charge is 0.137 e. The number of benzene rings is 7. The molecule has 10 rings (SSSR count). The molecule has 0 bridgehead atoms. The van der Waals surface area contributed by atoms with Crippen LogP contribution >= 0.6 is 22.7 Å². The van der Waals surface area contributed by atoms with E-state index < -0.39 is 0 Å². The number of hydrogen-bond acceptors (Lipinski definition) is 4. The van der Waals surface area contributed by atoms with Crippen LogP contribution < -0.4 is 4.90 Å². The Balaban J connectivity index is 1.29. The number of fused-ring (bicyclic) bond motifs is 11. The number of rotatable bonds is 3. The fourth-order valence-electron chi connectivity index (χ4n) is 6.85. The molecule has 0 N–H and O–H groups in total. The lowest BCUT2D eigenvalue weighted by atomic mass is 10.0. The van der Waals surface area contributed by atoms with Crippen LogP contribution in [-0.2, 0) is 0 Å². The molecule has 0 fully saturated rings. The van der Waals surface area contributed by atoms with Crippen LogP contribution in [0.4, 0.5) is 17.1 Å². The van der Waals surface area contributed by atoms with Crippen LogP contribution in [0.5, 0.6) is 0 Å². The Labute approximate surface area is 260 Å². The van der Waals surface area contributed by atoms with Gasteiger partial charge in [-0.15, -0.1) is 22.7 Å². The highest BCUT2D eigenvalue weighted by Crippen LogP contribution is 2.48. The Hall–Kier alpha value is -5.16. The normalized spacial score (nSPS) is 12.1. The lowest BCUT2D eigenvalue weighted by molar-refractivity contribution is 0.669. The van der Waals surface area contributed by atoms with Crippen LogP contribution in [0.25, 0.3) is 73.1 Å². The molecule has 0 aliphatic rings. The third-order valence-corrected chi connectivity index (χ3v) is 11.1. The van der Waals surface area contributed by atoms with Crippen molar-refractivity contribution in [1.29, 1.82) is 0 Å². The van der Waals surface area contributed by atoms with Gasteiger partial charge in [-0.2, -0.15) is 0 Å². The Kier molecular flexibility index (Phi) is 5.06. The molecule has 44 heavy (non-hydrogen) atoms. The van der Waals surface area contributed by atoms with Crippen molar-refractivity contribution < 1.29 is 4.42 Å². The van der Waals surface area contributed by atoms with Crippen LogP contribution in [0.3, 0.4) is 0 Å². The molecule has 0 aliphatic carbocycles. The molecule has 0 amide bonds. The number of anilines is 3. The Morgan fingerprint density at radius 1 is 0.432 bits per heavy atom. The van der Waals surface area contributed by atoms with Gasteiger partial charge < -0.3 is 9.32 Å². The monoisotopic (exact) mass is 597 g/mol. The van der Waals surface area contributed by atoms with Gasteiger partial charge >= 0.3 is 0 Å². The maximum atomic E-state index is 6.59. The zero-order valence-corrected chi connectivity index (χ0v) is 25.1. The highest BCUT2D eigenvalue weighted by Gasteiger charge is 2.22. The van der Waals surface area contributed by atoms with E-state index in [1.807, 2.05) is 22.7 Å². The first-order chi connectivity index (χ1) is 21.8. The number of nitrogens with zero attached hydrogens (tertiary/aromatic N) is 1. The average Bonchev–Trinajstić information content (AvgIpc) is 3.75. The second-order valence-electron chi connectivity index (χ2n) is 11.3. The van der Waals surface area contributed by atoms with Crippen molar-refractivity contribution >= 4 is 113 Å². The quantitative estimate of drug-likeness (QED) is 0.201. The van der Waals surface area contributed by atoms with Gasteiger partial charge in [-0.3, -0.25) is 0 Å². The van der Waals surface area contributed by atoms with Crippen molar-refractivity contribution in [3.8, 4) is 0 Å². The van der Waals surface area contributed by atoms with Crippen molar-refractivity contribution in [3.63, 3.8) is 0 Å². The fraction of sp³-hybridized carbons (Fsp3) is 0. The highest BCUT2D eigenvalue weighted by molar-refractivity contribution is 7.27. The summed E-state index contributed by atoms with van der Waals surface area (Å²) in [4.78, 5) is 2.39. The summed E-state index contributed by atoms with van der Waals surface area (Å²) < 4.78 is 11.8. The fourth-order valence-corrected chi connectivity index (χ4v) is 9.26. The minimum absolute atomic E-state index is 0.900. The summed E-state index contributed by atoms with van der Waals surface area (Å²) in [5, 5.41) is 10.1. The molecule has 0 radical (unpaired) electrons. The summed E-state index contributed by atoms with van der Waals surface area (Å²) in [6.07, 6.45) is 0. The molecule has 0 unspecified atom stereocenters. The van der Waals surface area contributed by atoms with Crippen LogP contribution in [-0.4, -0.2) is 0 Å². The van der Waals surface area contributed by atoms with E-state index in [1.165, 1.54) is 56.5 Å². The van der Waals surface area contributed by atoms with Crippen LogP contribution in [0.15, 0.2) is 144 Å². The van der Waals surface area contributed by atoms with Gasteiger partial charge in [0.25, 0.3) is 0 Å². The first kappa shape index (κ1) is 24.3. The van der Waals surface area contributed by atoms with Crippen LogP contribution in [0, 0.1) is 0 Å². The predicted molar refractivity (Wildman–Crippen MR) is 192 cm³/mol. The zero-order chi connectivity index (χ0) is 28.8. The van der Waals surface area contributed by atoms with Crippen molar-refractivity contribution in [2.24, 2.45) is 0 Å². The summed E-state index contributed by atoms with van der Waals surface area (Å²) in [6, 6.07) is 50.4. The van der Waals surface area contributed by atoms with E-state index in [9.17, 15) is 0 Å². The molecular weight excluding hydrogens is 575 g/mol. The molecule has 0 saturated heterocycles. The molecule has 10 aromatic rings. The van der Waals surface area contributed by atoms with E-state index >= 15 is 0 Å². The van der Waals surface area contributed by atoms with E-state index in [1.54, 1.807) is 0 Å². The molecule has 7 aromatic carbocycles. The first-order valence-electron chi connectivity index (χ1n) is 14.8. The molecule has 4 heteroatoms. The zero-order valence-electron chi connectivity index (χ0n) is 23.5. The van der Waals surface area contributed by atoms with E-state index in [-0.39, 0.29) is 0 Å². The summed E-state index contributed by atoms with van der Waals surface area (Å²) >= 11 is 3.72. The van der Waals surface area contributed by atoms with E-state index in [0.29, 0.717) is 0 Å². The summed E-state index contributed by atoms with van der Waals surface area (Å²) in [5.41, 5.74) is 5.18. The van der Waals surface area contributed by atoms with Crippen molar-refractivity contribution in [3.05, 3.63) is 140 Å². The maximum absolute atomic E-state index is 6.59. The van der Waals surface area contributed by atoms with Gasteiger partial charge in [0.05, 0.1) is 11.1 Å². The molecule has 3 heterocycles. The number of furan rings is 1. The molecule has 2 nitrogen and oxygen atoms in total. The first-order valence-corrected chi connectivity index (χ1v) is 16.4. The molecule has 0 spiro atoms. The van der Waals surface area contributed by atoms with E-state index in [0.717, 1.165) is 33.6 Å². The van der Waals surface area contributed by atoms with Gasteiger partial charge in [-0.25, -0.2) is 0 Å². The SMILES string of the molecule is c1ccc(N(c2ccc3c(c2)sc2ccccc23)c2cccc3oc4ccc5c6cc7ccccc7cc6sc5c4c23)cc1. The standard InChI is InChI=1S/C40H23NOS2/c1-2-11-26(12-3-1)41(27-17-18-29-28-13-6-7-16-35(28)43-37(29)23-27)32-14-8-15-33-38(32)39-34(42-33)20-19-30-31-21-24-9-4-5-10-25(24)22-36(31)44-40(30)39/h1-23H. The number of thiophene rings is 2. The summed E-state index contributed by atoms with van der Waals surface area (Å²) in [7, 11) is 0. The van der Waals surface area contributed by atoms with Crippen molar-refractivity contribution in [2.45, 2.75) is 0 Å². The Morgan fingerprint density at radius 2 is 1.16 bits per heavy atom. The van der Waals surface area contributed by atoms with Gasteiger partial charge in [0.1, 0.15) is 11.2 Å². The second-order valence-corrected chi connectivity index (χ2v) is 13.5. The summed E-state index contributed by atoms with van der Waals surface area (Å²) in [5.74, 6) is 0. The maximum Gasteiger partial charge on any atom is 0.137 e. The van der Waals surface area contributed by atoms with Gasteiger partial charge in [-0.1, -0.05) is 72.8 Å². The number of hydrogen-bond donors (Lipinski definition) is 0. The lowest BCUT2D eigenvalue weighted by Gasteiger charge is -2.26. The third-order valence-electron chi connectivity index (χ3n) is 8.82. The predicted octanol–water partition coefficient (Wildman–Crippen LogP) is 12.9. The Bertz CT molecular complexity index is 2730. The molecule has 0 saturated carbocycles. The molecule has 0 aliphatic heterocycles. The van der Waals surface area contributed by atoms with Crippen LogP contribution in [0.1, 0.15) is 0 Å². The van der Waals surface area contributed by atoms with Gasteiger partial charge in [0, 0.05) is 57.1 Å². The topological polar surface area (TPSA) is 16.4 Å². The van der Waals surface area contributed by atoms with Gasteiger partial charge in [-0.05, 0) is 77.5 Å². The minimum atomic E-state index is 0.900. The van der Waals surface area contributed by atoms with Crippen LogP contribution in [0.2, 0.25) is 0 Å². The summed E-state index contributed by atoms with van der Waals surface area (Å²) in [6.45, 7) is 0. The highest BCUT2D eigenvalue weighted by atomic mass is 32.1. The number of para-hydroxylation sites is 1. The van der Waals surface area contributed by atoms with E-state index in [4.69, 9.17) is 4.42 Å².